The molecule has 1 aromatic heterocycles. The number of nitrogens with one attached hydrogen (secondary N) is 1. The van der Waals surface area contributed by atoms with E-state index in [1.807, 2.05) is 12.2 Å². The maximum Gasteiger partial charge on any atom is 0.0488 e. The van der Waals surface area contributed by atoms with Crippen LogP contribution in [0.4, 0.5) is 5.69 Å². The molecule has 55 heavy (non-hydrogen) atoms. The number of rotatable bonds is 17. The third kappa shape index (κ3) is 11.6. The van der Waals surface area contributed by atoms with Crippen molar-refractivity contribution in [1.82, 2.24) is 4.98 Å². The number of aromatic nitrogens is 1. The second-order valence-electron chi connectivity index (χ2n) is 18.0. The molecule has 4 aromatic rings. The molecule has 4 rings (SSSR count). The van der Waals surface area contributed by atoms with Gasteiger partial charge in [-0.1, -0.05) is 179 Å². The van der Waals surface area contributed by atoms with Crippen molar-refractivity contribution in [2.75, 3.05) is 5.73 Å². The van der Waals surface area contributed by atoms with Gasteiger partial charge in [0.25, 0.3) is 0 Å². The minimum absolute atomic E-state index is 0.104. The minimum Gasteiger partial charge on any atom is -0.398 e. The first kappa shape index (κ1) is 43.5. The van der Waals surface area contributed by atoms with E-state index in [9.17, 15) is 0 Å². The molecule has 0 spiro atoms. The molecule has 1 heterocycles. The number of allylic oxidation sites excluding steroid dienone is 7. The van der Waals surface area contributed by atoms with E-state index in [1.54, 1.807) is 0 Å². The zero-order valence-electron chi connectivity index (χ0n) is 36.4. The van der Waals surface area contributed by atoms with Gasteiger partial charge >= 0.3 is 0 Å². The lowest BCUT2D eigenvalue weighted by atomic mass is 9.83. The number of H-pyrrole nitrogens is 1. The van der Waals surface area contributed by atoms with E-state index < -0.39 is 0 Å². The normalized spacial score (nSPS) is 14.5. The zero-order chi connectivity index (χ0) is 40.3. The number of fused-ring (bicyclic) bond motifs is 3. The highest BCUT2D eigenvalue weighted by Crippen LogP contribution is 2.38. The van der Waals surface area contributed by atoms with E-state index in [-0.39, 0.29) is 10.8 Å². The number of unbranched alkanes of at least 4 members (excludes halogenated alkanes) is 5. The predicted octanol–water partition coefficient (Wildman–Crippen LogP) is 15.6. The molecule has 0 amide bonds. The Bertz CT molecular complexity index is 2040. The number of benzene rings is 3. The van der Waals surface area contributed by atoms with Gasteiger partial charge in [0.15, 0.2) is 0 Å². The van der Waals surface area contributed by atoms with Crippen molar-refractivity contribution in [1.29, 1.82) is 0 Å². The van der Waals surface area contributed by atoms with E-state index in [1.165, 1.54) is 89.1 Å². The van der Waals surface area contributed by atoms with Crippen molar-refractivity contribution in [2.24, 2.45) is 17.1 Å². The van der Waals surface area contributed by atoms with Crippen LogP contribution in [0.15, 0.2) is 84.0 Å². The average molecular weight is 740 g/mol. The number of hydrogen-bond donors (Lipinski definition) is 3. The van der Waals surface area contributed by atoms with Gasteiger partial charge in [0.05, 0.1) is 0 Å². The standard InChI is InChI=1S/C52H73N3/c1-12-15-17-19-22-38(21-18-16-13-2)33-46-42(41(36(4)14-3)28-25-37(5)51(6,7)8)31-32-45(50(46)54)47(53)24-20-23-39-26-29-43-44-30-27-40(52(9,10)11)35-49(44)55-48(43)34-39/h20,23-36,55H,12-19,21-22,53-54H2,1-11H3/b23-20+,37-25+,38-33-,41-28+,47-24-. The van der Waals surface area contributed by atoms with Crippen LogP contribution >= 0.6 is 0 Å². The molecule has 0 radical (unpaired) electrons. The Hall–Kier alpha value is -4.24. The Labute approximate surface area is 335 Å². The Morgan fingerprint density at radius 1 is 0.745 bits per heavy atom. The van der Waals surface area contributed by atoms with Gasteiger partial charge < -0.3 is 16.5 Å². The Morgan fingerprint density at radius 2 is 1.36 bits per heavy atom. The third-order valence-electron chi connectivity index (χ3n) is 11.6. The van der Waals surface area contributed by atoms with Crippen LogP contribution in [0.5, 0.6) is 0 Å². The highest BCUT2D eigenvalue weighted by molar-refractivity contribution is 6.07. The number of hydrogen-bond acceptors (Lipinski definition) is 2. The first-order valence-electron chi connectivity index (χ1n) is 21.3. The first-order valence-corrected chi connectivity index (χ1v) is 21.3. The number of aromatic amines is 1. The van der Waals surface area contributed by atoms with E-state index in [0.29, 0.717) is 11.6 Å². The summed E-state index contributed by atoms with van der Waals surface area (Å²) in [6.07, 6.45) is 25.3. The summed E-state index contributed by atoms with van der Waals surface area (Å²) in [7, 11) is 0. The molecule has 0 aliphatic heterocycles. The van der Waals surface area contributed by atoms with E-state index in [0.717, 1.165) is 47.2 Å². The molecule has 3 nitrogen and oxygen atoms in total. The van der Waals surface area contributed by atoms with Crippen LogP contribution in [-0.2, 0) is 5.41 Å². The molecule has 1 unspecified atom stereocenters. The van der Waals surface area contributed by atoms with Crippen LogP contribution in [0, 0.1) is 11.3 Å². The SMILES string of the molecule is CCCCCC/C(=C\c1c(/C(=C/C=C(\C)C(C)(C)C)C(C)CC)ccc(/C(N)=C/C=C/c2ccc3c(c2)[nH]c2cc(C(C)(C)C)ccc23)c1N)CCCCC. The molecule has 296 valence electrons. The molecule has 0 aliphatic carbocycles. The molecule has 1 atom stereocenters. The van der Waals surface area contributed by atoms with Crippen molar-refractivity contribution in [3.63, 3.8) is 0 Å². The first-order chi connectivity index (χ1) is 26.1. The lowest BCUT2D eigenvalue weighted by Gasteiger charge is -2.22. The Balaban J connectivity index is 1.78. The Morgan fingerprint density at radius 3 is 2.00 bits per heavy atom. The van der Waals surface area contributed by atoms with Gasteiger partial charge in [-0.15, -0.1) is 0 Å². The summed E-state index contributed by atoms with van der Waals surface area (Å²) in [6, 6.07) is 17.8. The monoisotopic (exact) mass is 740 g/mol. The molecule has 5 N–H and O–H groups in total. The second-order valence-corrected chi connectivity index (χ2v) is 18.0. The summed E-state index contributed by atoms with van der Waals surface area (Å²) in [6.45, 7) is 25.0. The van der Waals surface area contributed by atoms with Gasteiger partial charge in [-0.2, -0.15) is 0 Å². The summed E-state index contributed by atoms with van der Waals surface area (Å²) in [5.74, 6) is 0.375. The van der Waals surface area contributed by atoms with Gasteiger partial charge in [-0.05, 0) is 96.2 Å². The van der Waals surface area contributed by atoms with Crippen LogP contribution in [0.2, 0.25) is 0 Å². The van der Waals surface area contributed by atoms with Crippen LogP contribution in [-0.4, -0.2) is 4.98 Å². The van der Waals surface area contributed by atoms with Gasteiger partial charge in [0, 0.05) is 44.3 Å². The van der Waals surface area contributed by atoms with Crippen molar-refractivity contribution in [3.05, 3.63) is 112 Å². The fourth-order valence-corrected chi connectivity index (χ4v) is 7.20. The molecule has 0 aliphatic rings. The summed E-state index contributed by atoms with van der Waals surface area (Å²) >= 11 is 0. The molecule has 0 bridgehead atoms. The highest BCUT2D eigenvalue weighted by Gasteiger charge is 2.19. The van der Waals surface area contributed by atoms with E-state index >= 15 is 0 Å². The van der Waals surface area contributed by atoms with Crippen LogP contribution in [0.25, 0.3) is 45.2 Å². The van der Waals surface area contributed by atoms with E-state index in [2.05, 4.69) is 154 Å². The quantitative estimate of drug-likeness (QED) is 0.0573. The number of anilines is 1. The van der Waals surface area contributed by atoms with Crippen molar-refractivity contribution >= 4 is 50.9 Å². The summed E-state index contributed by atoms with van der Waals surface area (Å²) in [5, 5.41) is 2.50. The van der Waals surface area contributed by atoms with Crippen LogP contribution in [0.1, 0.15) is 168 Å². The second kappa shape index (κ2) is 19.6. The molecule has 3 aromatic carbocycles. The Kier molecular flexibility index (Phi) is 15.5. The van der Waals surface area contributed by atoms with Gasteiger partial charge in [-0.25, -0.2) is 0 Å². The average Bonchev–Trinajstić information content (AvgIpc) is 3.50. The predicted molar refractivity (Wildman–Crippen MR) is 248 cm³/mol. The van der Waals surface area contributed by atoms with Gasteiger partial charge in [0.1, 0.15) is 0 Å². The lowest BCUT2D eigenvalue weighted by Crippen LogP contribution is -2.10. The minimum atomic E-state index is 0.104. The van der Waals surface area contributed by atoms with E-state index in [4.69, 9.17) is 11.5 Å². The topological polar surface area (TPSA) is 67.8 Å². The van der Waals surface area contributed by atoms with Gasteiger partial charge in [0.2, 0.25) is 0 Å². The maximum atomic E-state index is 7.25. The molecule has 3 heteroatoms. The van der Waals surface area contributed by atoms with Crippen molar-refractivity contribution in [3.8, 4) is 0 Å². The molecular weight excluding hydrogens is 667 g/mol. The molecular formula is C52H73N3. The van der Waals surface area contributed by atoms with Crippen LogP contribution < -0.4 is 11.5 Å². The molecule has 0 fully saturated rings. The lowest BCUT2D eigenvalue weighted by molar-refractivity contribution is 0.504. The fourth-order valence-electron chi connectivity index (χ4n) is 7.20. The summed E-state index contributed by atoms with van der Waals surface area (Å²) in [5.41, 5.74) is 28.0. The fraction of sp³-hybridized carbons (Fsp3) is 0.462. The van der Waals surface area contributed by atoms with Crippen molar-refractivity contribution < 1.29 is 0 Å². The summed E-state index contributed by atoms with van der Waals surface area (Å²) in [4.78, 5) is 3.66. The third-order valence-corrected chi connectivity index (χ3v) is 11.6. The highest BCUT2D eigenvalue weighted by atomic mass is 14.7. The number of nitrogen functional groups attached to an aromatic ring is 1. The summed E-state index contributed by atoms with van der Waals surface area (Å²) < 4.78 is 0. The maximum absolute atomic E-state index is 7.25. The molecule has 0 saturated heterocycles. The zero-order valence-corrected chi connectivity index (χ0v) is 36.4. The number of nitrogens with two attached hydrogens (primary N) is 2. The van der Waals surface area contributed by atoms with Crippen LogP contribution in [0.3, 0.4) is 0 Å². The molecule has 0 saturated carbocycles. The van der Waals surface area contributed by atoms with Crippen molar-refractivity contribution in [2.45, 2.75) is 146 Å². The van der Waals surface area contributed by atoms with Gasteiger partial charge in [-0.3, -0.25) is 0 Å². The largest absolute Gasteiger partial charge is 0.398 e. The smallest absolute Gasteiger partial charge is 0.0488 e.